The Bertz CT molecular complexity index is 17.8. The second-order valence-electron chi connectivity index (χ2n) is 0. The third kappa shape index (κ3) is 45.7. The molecule has 0 bridgehead atoms. The monoisotopic (exact) mass is 224 g/mol. The van der Waals surface area contributed by atoms with Crippen molar-refractivity contribution < 1.29 is 74.7 Å². The molecule has 0 aromatic heterocycles. The molecule has 0 amide bonds. The first-order valence-corrected chi connectivity index (χ1v) is 0. The van der Waals surface area contributed by atoms with E-state index in [4.69, 9.17) is 0 Å². The maximum atomic E-state index is 0. The Balaban J connectivity index is 0. The Labute approximate surface area is 114 Å². The van der Waals surface area contributed by atoms with E-state index >= 15 is 0 Å². The van der Waals surface area contributed by atoms with Crippen LogP contribution >= 0.6 is 0 Å². The van der Waals surface area contributed by atoms with Gasteiger partial charge in [-0.2, -0.15) is 0 Å². The number of rotatable bonds is 0. The molecule has 0 saturated heterocycles. The molecular weight excluding hydrogens is 222 g/mol. The van der Waals surface area contributed by atoms with E-state index in [2.05, 4.69) is 0 Å². The van der Waals surface area contributed by atoms with E-state index in [9.17, 15) is 0 Å². The normalized spacial score (nSPS) is 0. The van der Waals surface area contributed by atoms with Gasteiger partial charge >= 0.3 is 71.9 Å². The fraction of sp³-hybridized carbons (Fsp3) is 0. The van der Waals surface area contributed by atoms with Crippen LogP contribution in [0.2, 0.25) is 0 Å². The van der Waals surface area contributed by atoms with E-state index in [1.807, 2.05) is 0 Å². The molecular formula is H2Fe2Li2S3. The van der Waals surface area contributed by atoms with Gasteiger partial charge in [-0.05, 0) is 0 Å². The average Bonchev–Trinajstić information content (AvgIpc) is 0. The number of hydrogen-bond donors (Lipinski definition) is 0. The molecule has 0 aromatic rings. The van der Waals surface area contributed by atoms with Gasteiger partial charge in [0.1, 0.15) is 0 Å². The topological polar surface area (TPSA) is 0 Å². The average molecular weight is 224 g/mol. The SMILES string of the molecule is [Fe+3].[Fe+3].[H-].[H-].[Li+].[Li+].[S-2].[S-2].[S-2]. The summed E-state index contributed by atoms with van der Waals surface area (Å²) in [7, 11) is 0. The molecule has 0 nitrogen and oxygen atoms in total. The second-order valence-corrected chi connectivity index (χ2v) is 0. The Morgan fingerprint density at radius 3 is 0.571 bits per heavy atom. The molecule has 0 N–H and O–H groups in total. The Morgan fingerprint density at radius 2 is 0.571 bits per heavy atom. The fourth-order valence-corrected chi connectivity index (χ4v) is 0. The van der Waals surface area contributed by atoms with Crippen LogP contribution in [0.4, 0.5) is 0 Å². The van der Waals surface area contributed by atoms with E-state index in [-0.39, 0.29) is 115 Å². The van der Waals surface area contributed by atoms with Crippen molar-refractivity contribution in [1.29, 1.82) is 0 Å². The minimum atomic E-state index is 0. The summed E-state index contributed by atoms with van der Waals surface area (Å²) in [6.07, 6.45) is 0. The van der Waals surface area contributed by atoms with Crippen LogP contribution in [0.15, 0.2) is 0 Å². The predicted octanol–water partition coefficient (Wildman–Crippen LogP) is -5.78. The first-order chi connectivity index (χ1) is 0. The van der Waals surface area contributed by atoms with Crippen LogP contribution in [-0.4, -0.2) is 0 Å². The molecule has 0 rings (SSSR count). The van der Waals surface area contributed by atoms with Crippen LogP contribution in [0.3, 0.4) is 0 Å². The molecule has 0 aromatic carbocycles. The standard InChI is InChI=1S/2Fe.2Li.3S.2H/q2*+3;2*+1;3*-2;2*-1. The summed E-state index contributed by atoms with van der Waals surface area (Å²) in [5.74, 6) is 0. The van der Waals surface area contributed by atoms with Gasteiger partial charge in [-0.15, -0.1) is 0 Å². The zero-order chi connectivity index (χ0) is 0. The van der Waals surface area contributed by atoms with E-state index in [1.165, 1.54) is 0 Å². The van der Waals surface area contributed by atoms with Gasteiger partial charge in [0.05, 0.1) is 0 Å². The Hall–Kier alpha value is 3.28. The third-order valence-corrected chi connectivity index (χ3v) is 0. The third-order valence-electron chi connectivity index (χ3n) is 0. The minimum absolute atomic E-state index is 0. The summed E-state index contributed by atoms with van der Waals surface area (Å²) < 4.78 is 0. The van der Waals surface area contributed by atoms with Crippen molar-refractivity contribution in [3.05, 3.63) is 0 Å². The molecule has 38 valence electrons. The molecule has 0 heterocycles. The van der Waals surface area contributed by atoms with Gasteiger partial charge in [0.2, 0.25) is 0 Å². The molecule has 7 heteroatoms. The van der Waals surface area contributed by atoms with Gasteiger partial charge in [-0.1, -0.05) is 0 Å². The summed E-state index contributed by atoms with van der Waals surface area (Å²) in [6, 6.07) is 0. The molecule has 0 unspecified atom stereocenters. The molecule has 0 fully saturated rings. The first-order valence-electron chi connectivity index (χ1n) is 0. The summed E-state index contributed by atoms with van der Waals surface area (Å²) in [6.45, 7) is 0. The summed E-state index contributed by atoms with van der Waals surface area (Å²) in [5, 5.41) is 0. The van der Waals surface area contributed by atoms with Crippen molar-refractivity contribution in [2.75, 3.05) is 0 Å². The van der Waals surface area contributed by atoms with Crippen molar-refractivity contribution in [3.63, 3.8) is 0 Å². The number of hydrogen-bond acceptors (Lipinski definition) is 0. The quantitative estimate of drug-likeness (QED) is 0.359. The zero-order valence-electron chi connectivity index (χ0n) is 5.93. The Kier molecular flexibility index (Phi) is 694. The summed E-state index contributed by atoms with van der Waals surface area (Å²) in [4.78, 5) is 0. The van der Waals surface area contributed by atoms with E-state index in [0.717, 1.165) is 0 Å². The molecule has 0 saturated carbocycles. The van der Waals surface area contributed by atoms with Crippen molar-refractivity contribution >= 4 is 40.5 Å². The molecule has 0 spiro atoms. The van der Waals surface area contributed by atoms with Crippen LogP contribution in [0.25, 0.3) is 0 Å². The maximum absolute atomic E-state index is 0. The van der Waals surface area contributed by atoms with E-state index in [1.54, 1.807) is 0 Å². The van der Waals surface area contributed by atoms with Gasteiger partial charge in [0.15, 0.2) is 0 Å². The molecule has 2 radical (unpaired) electrons. The van der Waals surface area contributed by atoms with Crippen LogP contribution in [-0.2, 0) is 74.6 Å². The van der Waals surface area contributed by atoms with Crippen LogP contribution in [0.1, 0.15) is 2.85 Å². The van der Waals surface area contributed by atoms with Gasteiger partial charge in [-0.3, -0.25) is 0 Å². The smallest absolute Gasteiger partial charge is 2.00 e. The largest absolute Gasteiger partial charge is 3.00 e. The van der Waals surface area contributed by atoms with E-state index in [0.29, 0.717) is 0 Å². The fourth-order valence-electron chi connectivity index (χ4n) is 0. The second kappa shape index (κ2) is 59.1. The molecule has 0 aliphatic heterocycles. The summed E-state index contributed by atoms with van der Waals surface area (Å²) >= 11 is 0. The van der Waals surface area contributed by atoms with Gasteiger partial charge in [-0.25, -0.2) is 0 Å². The van der Waals surface area contributed by atoms with Crippen molar-refractivity contribution in [3.8, 4) is 0 Å². The van der Waals surface area contributed by atoms with Gasteiger partial charge in [0, 0.05) is 0 Å². The maximum Gasteiger partial charge on any atom is 3.00 e. The van der Waals surface area contributed by atoms with Crippen molar-refractivity contribution in [2.24, 2.45) is 0 Å². The van der Waals surface area contributed by atoms with Crippen LogP contribution in [0.5, 0.6) is 0 Å². The molecule has 0 aliphatic rings. The van der Waals surface area contributed by atoms with Crippen molar-refractivity contribution in [2.45, 2.75) is 0 Å². The zero-order valence-corrected chi connectivity index (χ0v) is 8.59. The first kappa shape index (κ1) is 82.2. The molecule has 0 aliphatic carbocycles. The van der Waals surface area contributed by atoms with Crippen LogP contribution in [0, 0.1) is 0 Å². The Morgan fingerprint density at radius 1 is 0.571 bits per heavy atom. The minimum Gasteiger partial charge on any atom is -2.00 e. The van der Waals surface area contributed by atoms with Gasteiger partial charge < -0.3 is 43.3 Å². The van der Waals surface area contributed by atoms with Crippen LogP contribution < -0.4 is 37.7 Å². The summed E-state index contributed by atoms with van der Waals surface area (Å²) in [5.41, 5.74) is 0. The molecule has 7 heavy (non-hydrogen) atoms. The predicted molar refractivity (Wildman–Crippen MR) is 24.3 cm³/mol. The van der Waals surface area contributed by atoms with E-state index < -0.39 is 0 Å². The van der Waals surface area contributed by atoms with Crippen molar-refractivity contribution in [1.82, 2.24) is 0 Å². The molecule has 0 atom stereocenters. The van der Waals surface area contributed by atoms with Gasteiger partial charge in [0.25, 0.3) is 0 Å².